The van der Waals surface area contributed by atoms with Crippen molar-refractivity contribution >= 4 is 23.6 Å². The van der Waals surface area contributed by atoms with Crippen molar-refractivity contribution in [1.29, 1.82) is 0 Å². The van der Waals surface area contributed by atoms with Crippen LogP contribution in [0.3, 0.4) is 0 Å². The van der Waals surface area contributed by atoms with Crippen LogP contribution in [0.15, 0.2) is 94.0 Å². The summed E-state index contributed by atoms with van der Waals surface area (Å²) in [6.45, 7) is 3.86. The number of hydrogen-bond donors (Lipinski definition) is 1. The van der Waals surface area contributed by atoms with E-state index in [1.54, 1.807) is 28.3 Å². The number of ether oxygens (including phenoxy) is 1. The van der Waals surface area contributed by atoms with Gasteiger partial charge in [0.15, 0.2) is 5.65 Å². The van der Waals surface area contributed by atoms with Crippen LogP contribution in [-0.4, -0.2) is 38.0 Å². The number of carbonyl (C=O) groups excluding carboxylic acids is 1. The van der Waals surface area contributed by atoms with Gasteiger partial charge in [-0.05, 0) is 38.0 Å². The number of para-hydroxylation sites is 1. The zero-order chi connectivity index (χ0) is 26.2. The molecule has 0 radical (unpaired) electrons. The first-order valence-electron chi connectivity index (χ1n) is 12.6. The largest absolute Gasteiger partial charge is 0.463 e. The van der Waals surface area contributed by atoms with Gasteiger partial charge in [0, 0.05) is 24.0 Å². The molecule has 0 aliphatic carbocycles. The van der Waals surface area contributed by atoms with Crippen molar-refractivity contribution in [3.63, 3.8) is 0 Å². The molecular formula is C29H26N6O3. The molecule has 0 bridgehead atoms. The zero-order valence-corrected chi connectivity index (χ0v) is 21.0. The first-order chi connectivity index (χ1) is 18.6. The highest BCUT2D eigenvalue weighted by molar-refractivity contribution is 5.95. The van der Waals surface area contributed by atoms with Gasteiger partial charge in [-0.2, -0.15) is 0 Å². The van der Waals surface area contributed by atoms with Gasteiger partial charge in [-0.15, -0.1) is 10.2 Å². The molecule has 1 N–H and O–H groups in total. The fourth-order valence-corrected chi connectivity index (χ4v) is 5.25. The van der Waals surface area contributed by atoms with E-state index in [0.717, 1.165) is 5.56 Å². The first kappa shape index (κ1) is 23.6. The van der Waals surface area contributed by atoms with Crippen LogP contribution in [0.4, 0.5) is 5.82 Å². The fourth-order valence-electron chi connectivity index (χ4n) is 5.25. The van der Waals surface area contributed by atoms with Crippen LogP contribution in [0.1, 0.15) is 49.1 Å². The van der Waals surface area contributed by atoms with Crippen LogP contribution in [0.25, 0.3) is 11.3 Å². The van der Waals surface area contributed by atoms with Gasteiger partial charge in [-0.25, -0.2) is 18.6 Å². The highest BCUT2D eigenvalue weighted by atomic mass is 16.5. The fraction of sp³-hybridized carbons (Fsp3) is 0.207. The molecule has 2 aromatic heterocycles. The summed E-state index contributed by atoms with van der Waals surface area (Å²) in [7, 11) is 0. The monoisotopic (exact) mass is 506 g/mol. The lowest BCUT2D eigenvalue weighted by Gasteiger charge is -2.32. The Bertz CT molecular complexity index is 1680. The number of anilines is 1. The van der Waals surface area contributed by atoms with Crippen molar-refractivity contribution in [3.8, 4) is 5.69 Å². The van der Waals surface area contributed by atoms with E-state index in [9.17, 15) is 9.59 Å². The summed E-state index contributed by atoms with van der Waals surface area (Å²) in [6.07, 6.45) is 6.04. The quantitative estimate of drug-likeness (QED) is 0.404. The summed E-state index contributed by atoms with van der Waals surface area (Å²) >= 11 is 0. The van der Waals surface area contributed by atoms with E-state index in [1.807, 2.05) is 73.7 Å². The lowest BCUT2D eigenvalue weighted by atomic mass is 9.82. The Morgan fingerprint density at radius 2 is 1.82 bits per heavy atom. The predicted octanol–water partition coefficient (Wildman–Crippen LogP) is 4.35. The average Bonchev–Trinajstić information content (AvgIpc) is 3.40. The normalized spacial score (nSPS) is 18.4. The minimum atomic E-state index is -0.537. The Labute approximate surface area is 218 Å². The van der Waals surface area contributed by atoms with Crippen molar-refractivity contribution in [2.45, 2.75) is 32.1 Å². The molecule has 0 saturated carbocycles. The second-order valence-corrected chi connectivity index (χ2v) is 9.18. The van der Waals surface area contributed by atoms with Crippen LogP contribution >= 0.6 is 0 Å². The number of aromatic nitrogens is 4. The maximum atomic E-state index is 14.2. The summed E-state index contributed by atoms with van der Waals surface area (Å²) in [4.78, 5) is 31.8. The van der Waals surface area contributed by atoms with E-state index in [-0.39, 0.29) is 18.2 Å². The second kappa shape index (κ2) is 9.59. The Kier molecular flexibility index (Phi) is 5.95. The van der Waals surface area contributed by atoms with Gasteiger partial charge < -0.3 is 10.1 Å². The molecule has 2 aromatic carbocycles. The third-order valence-electron chi connectivity index (χ3n) is 6.92. The van der Waals surface area contributed by atoms with Gasteiger partial charge in [0.05, 0.1) is 29.3 Å². The molecule has 4 aromatic rings. The molecular weight excluding hydrogens is 480 g/mol. The molecule has 9 heteroatoms. The summed E-state index contributed by atoms with van der Waals surface area (Å²) in [5, 5.41) is 12.4. The summed E-state index contributed by atoms with van der Waals surface area (Å²) < 4.78 is 8.70. The van der Waals surface area contributed by atoms with E-state index in [0.29, 0.717) is 46.2 Å². The molecule has 0 fully saturated rings. The molecule has 0 amide bonds. The number of nitrogens with one attached hydrogen (secondary N) is 1. The minimum absolute atomic E-state index is 0.161. The minimum Gasteiger partial charge on any atom is -0.463 e. The second-order valence-electron chi connectivity index (χ2n) is 9.18. The summed E-state index contributed by atoms with van der Waals surface area (Å²) in [6, 6.07) is 19.2. The Morgan fingerprint density at radius 1 is 1.08 bits per heavy atom. The van der Waals surface area contributed by atoms with Gasteiger partial charge in [-0.1, -0.05) is 54.6 Å². The summed E-state index contributed by atoms with van der Waals surface area (Å²) in [5.41, 5.74) is 3.44. The number of rotatable bonds is 5. The van der Waals surface area contributed by atoms with E-state index < -0.39 is 11.9 Å². The molecule has 9 nitrogen and oxygen atoms in total. The van der Waals surface area contributed by atoms with E-state index in [4.69, 9.17) is 4.74 Å². The third-order valence-corrected chi connectivity index (χ3v) is 6.92. The third kappa shape index (κ3) is 3.75. The Hall–Kier alpha value is -4.79. The van der Waals surface area contributed by atoms with Crippen LogP contribution in [0.2, 0.25) is 0 Å². The van der Waals surface area contributed by atoms with Gasteiger partial charge in [0.1, 0.15) is 11.6 Å². The van der Waals surface area contributed by atoms with Gasteiger partial charge in [0.25, 0.3) is 0 Å². The van der Waals surface area contributed by atoms with Crippen molar-refractivity contribution < 1.29 is 9.53 Å². The highest BCUT2D eigenvalue weighted by Gasteiger charge is 2.38. The number of allylic oxidation sites excluding steroid dienone is 2. The molecule has 0 saturated heterocycles. The topological polar surface area (TPSA) is 103 Å². The van der Waals surface area contributed by atoms with Crippen molar-refractivity contribution in [1.82, 2.24) is 19.2 Å². The molecule has 2 unspecified atom stereocenters. The SMILES string of the molecule is CCOC(=O)C1=C(C)Nc2c(c3nnc(C4C=CN=CC4)n3c(=O)n2-c2ccccc2)C1c1ccccc1. The van der Waals surface area contributed by atoms with Crippen LogP contribution < -0.4 is 11.0 Å². The maximum absolute atomic E-state index is 14.2. The van der Waals surface area contributed by atoms with Gasteiger partial charge >= 0.3 is 11.7 Å². The zero-order valence-electron chi connectivity index (χ0n) is 21.0. The van der Waals surface area contributed by atoms with Crippen LogP contribution in [0, 0.1) is 0 Å². The summed E-state index contributed by atoms with van der Waals surface area (Å²) in [5.74, 6) is -0.0432. The Balaban J connectivity index is 1.73. The number of fused-ring (bicyclic) bond motifs is 3. The molecule has 2 aliphatic rings. The molecule has 2 aliphatic heterocycles. The number of benzene rings is 2. The molecule has 0 spiro atoms. The number of carbonyl (C=O) groups is 1. The number of hydrogen-bond acceptors (Lipinski definition) is 7. The lowest BCUT2D eigenvalue weighted by molar-refractivity contribution is -0.138. The van der Waals surface area contributed by atoms with Gasteiger partial charge in [-0.3, -0.25) is 4.99 Å². The molecule has 38 heavy (non-hydrogen) atoms. The Morgan fingerprint density at radius 3 is 2.50 bits per heavy atom. The lowest BCUT2D eigenvalue weighted by Crippen LogP contribution is -2.35. The van der Waals surface area contributed by atoms with E-state index in [2.05, 4.69) is 20.5 Å². The predicted molar refractivity (Wildman–Crippen MR) is 145 cm³/mol. The number of aliphatic imine (C=N–C) groups is 1. The molecule has 4 heterocycles. The van der Waals surface area contributed by atoms with E-state index in [1.165, 1.54) is 0 Å². The standard InChI is InChI=1S/C29H26N6O3/c1-3-38-28(36)22-18(2)31-26-24(23(22)19-10-6-4-7-11-19)27-33-32-25(20-14-16-30-17-15-20)35(27)29(37)34(26)21-12-8-5-9-13-21/h4-14,16-17,20,23,31H,3,15H2,1-2H3. The number of esters is 1. The maximum Gasteiger partial charge on any atom is 0.341 e. The van der Waals surface area contributed by atoms with Crippen molar-refractivity contribution in [2.75, 3.05) is 11.9 Å². The van der Waals surface area contributed by atoms with Crippen LogP contribution in [-0.2, 0) is 9.53 Å². The smallest absolute Gasteiger partial charge is 0.341 e. The van der Waals surface area contributed by atoms with Crippen molar-refractivity contribution in [2.24, 2.45) is 4.99 Å². The number of nitrogens with zero attached hydrogens (tertiary/aromatic N) is 5. The van der Waals surface area contributed by atoms with Gasteiger partial charge in [0.2, 0.25) is 0 Å². The molecule has 6 rings (SSSR count). The van der Waals surface area contributed by atoms with E-state index >= 15 is 0 Å². The van der Waals surface area contributed by atoms with Crippen LogP contribution in [0.5, 0.6) is 0 Å². The average molecular weight is 507 g/mol. The molecule has 2 atom stereocenters. The first-order valence-corrected chi connectivity index (χ1v) is 12.6. The molecule has 190 valence electrons. The van der Waals surface area contributed by atoms with Crippen molar-refractivity contribution in [3.05, 3.63) is 112 Å². The highest BCUT2D eigenvalue weighted by Crippen LogP contribution is 2.44.